The number of carbonyl (C=O) groups is 1. The topological polar surface area (TPSA) is 80.0 Å². The Morgan fingerprint density at radius 1 is 1.30 bits per heavy atom. The first-order valence-electron chi connectivity index (χ1n) is 6.02. The van der Waals surface area contributed by atoms with Crippen molar-refractivity contribution >= 4 is 17.3 Å². The molecule has 6 heteroatoms. The normalized spacial score (nSPS) is 10.2. The van der Waals surface area contributed by atoms with Crippen LogP contribution in [0.25, 0.3) is 0 Å². The van der Waals surface area contributed by atoms with E-state index in [0.717, 1.165) is 5.69 Å². The summed E-state index contributed by atoms with van der Waals surface area (Å²) in [7, 11) is 0. The zero-order valence-corrected chi connectivity index (χ0v) is 11.2. The lowest BCUT2D eigenvalue weighted by Gasteiger charge is -2.11. The third-order valence-corrected chi connectivity index (χ3v) is 2.96. The average Bonchev–Trinajstić information content (AvgIpc) is 2.43. The molecule has 2 rings (SSSR count). The standard InChI is InChI=1S/C14H15FN4O/c1-8-6-13(19-16)10(7-17-8)14(20)18-12-5-3-4-11(15)9(12)2/h3-7H,16H2,1-2H3,(H,17,19)(H,18,20). The van der Waals surface area contributed by atoms with E-state index in [1.54, 1.807) is 26.0 Å². The van der Waals surface area contributed by atoms with Gasteiger partial charge in [0, 0.05) is 23.1 Å². The molecule has 0 aliphatic rings. The molecule has 0 radical (unpaired) electrons. The number of nitrogen functional groups attached to an aromatic ring is 1. The highest BCUT2D eigenvalue weighted by molar-refractivity contribution is 6.08. The lowest BCUT2D eigenvalue weighted by molar-refractivity contribution is 0.102. The summed E-state index contributed by atoms with van der Waals surface area (Å²) in [5.41, 5.74) is 4.74. The smallest absolute Gasteiger partial charge is 0.259 e. The number of nitrogens with two attached hydrogens (primary N) is 1. The van der Waals surface area contributed by atoms with Crippen LogP contribution < -0.4 is 16.6 Å². The van der Waals surface area contributed by atoms with Gasteiger partial charge in [0.2, 0.25) is 0 Å². The van der Waals surface area contributed by atoms with Crippen molar-refractivity contribution in [3.63, 3.8) is 0 Å². The van der Waals surface area contributed by atoms with Crippen LogP contribution in [-0.2, 0) is 0 Å². The maximum Gasteiger partial charge on any atom is 0.259 e. The number of benzene rings is 1. The van der Waals surface area contributed by atoms with Crippen molar-refractivity contribution in [3.8, 4) is 0 Å². The Morgan fingerprint density at radius 2 is 2.05 bits per heavy atom. The van der Waals surface area contributed by atoms with Crippen LogP contribution >= 0.6 is 0 Å². The summed E-state index contributed by atoms with van der Waals surface area (Å²) in [5, 5.41) is 2.65. The van der Waals surface area contributed by atoms with Crippen LogP contribution in [0.15, 0.2) is 30.5 Å². The van der Waals surface area contributed by atoms with Gasteiger partial charge < -0.3 is 10.7 Å². The molecule has 0 saturated heterocycles. The van der Waals surface area contributed by atoms with Gasteiger partial charge in [-0.15, -0.1) is 0 Å². The third-order valence-electron chi connectivity index (χ3n) is 2.96. The molecular formula is C14H15FN4O. The van der Waals surface area contributed by atoms with Gasteiger partial charge in [0.1, 0.15) is 5.82 Å². The number of nitrogens with zero attached hydrogens (tertiary/aromatic N) is 1. The van der Waals surface area contributed by atoms with Crippen LogP contribution in [0.1, 0.15) is 21.6 Å². The third kappa shape index (κ3) is 2.75. The lowest BCUT2D eigenvalue weighted by atomic mass is 10.1. The molecule has 0 aliphatic heterocycles. The van der Waals surface area contributed by atoms with Crippen molar-refractivity contribution in [2.45, 2.75) is 13.8 Å². The number of hydrogen-bond acceptors (Lipinski definition) is 4. The van der Waals surface area contributed by atoms with Gasteiger partial charge >= 0.3 is 0 Å². The lowest BCUT2D eigenvalue weighted by Crippen LogP contribution is -2.18. The molecule has 1 heterocycles. The summed E-state index contributed by atoms with van der Waals surface area (Å²) in [6.07, 6.45) is 1.43. The molecular weight excluding hydrogens is 259 g/mol. The molecule has 0 unspecified atom stereocenters. The number of halogens is 1. The zero-order chi connectivity index (χ0) is 14.7. The van der Waals surface area contributed by atoms with Gasteiger partial charge in [-0.1, -0.05) is 6.07 Å². The number of hydrazine groups is 1. The quantitative estimate of drug-likeness (QED) is 0.593. The molecule has 2 aromatic rings. The van der Waals surface area contributed by atoms with Crippen molar-refractivity contribution in [1.29, 1.82) is 0 Å². The molecule has 20 heavy (non-hydrogen) atoms. The number of aryl methyl sites for hydroxylation is 1. The highest BCUT2D eigenvalue weighted by Crippen LogP contribution is 2.20. The van der Waals surface area contributed by atoms with Crippen LogP contribution in [0, 0.1) is 19.7 Å². The number of rotatable bonds is 3. The number of hydrogen-bond donors (Lipinski definition) is 3. The van der Waals surface area contributed by atoms with Gasteiger partial charge in [-0.05, 0) is 32.0 Å². The van der Waals surface area contributed by atoms with E-state index >= 15 is 0 Å². The van der Waals surface area contributed by atoms with Crippen LogP contribution in [0.3, 0.4) is 0 Å². The number of carbonyl (C=O) groups excluding carboxylic acids is 1. The fraction of sp³-hybridized carbons (Fsp3) is 0.143. The van der Waals surface area contributed by atoms with Crippen LogP contribution in [0.4, 0.5) is 15.8 Å². The fourth-order valence-corrected chi connectivity index (χ4v) is 1.79. The first kappa shape index (κ1) is 14.0. The van der Waals surface area contributed by atoms with E-state index in [2.05, 4.69) is 15.7 Å². The molecule has 1 aromatic carbocycles. The highest BCUT2D eigenvalue weighted by atomic mass is 19.1. The predicted molar refractivity (Wildman–Crippen MR) is 75.9 cm³/mol. The molecule has 0 saturated carbocycles. The van der Waals surface area contributed by atoms with E-state index in [1.165, 1.54) is 18.3 Å². The molecule has 0 aliphatic carbocycles. The van der Waals surface area contributed by atoms with Crippen LogP contribution in [-0.4, -0.2) is 10.9 Å². The second-order valence-corrected chi connectivity index (χ2v) is 4.38. The minimum atomic E-state index is -0.404. The minimum absolute atomic E-state index is 0.293. The Morgan fingerprint density at radius 3 is 2.75 bits per heavy atom. The SMILES string of the molecule is Cc1cc(NN)c(C(=O)Nc2cccc(F)c2C)cn1. The predicted octanol–water partition coefficient (Wildman–Crippen LogP) is 2.38. The largest absolute Gasteiger partial charge is 0.323 e. The Bertz CT molecular complexity index is 658. The summed E-state index contributed by atoms with van der Waals surface area (Å²) in [6.45, 7) is 3.39. The molecule has 1 aromatic heterocycles. The molecule has 1 amide bonds. The van der Waals surface area contributed by atoms with Crippen molar-refractivity contribution in [2.24, 2.45) is 5.84 Å². The van der Waals surface area contributed by atoms with E-state index < -0.39 is 5.91 Å². The Kier molecular flexibility index (Phi) is 3.95. The van der Waals surface area contributed by atoms with Crippen molar-refractivity contribution in [3.05, 3.63) is 53.1 Å². The summed E-state index contributed by atoms with van der Waals surface area (Å²) >= 11 is 0. The van der Waals surface area contributed by atoms with Gasteiger partial charge in [0.25, 0.3) is 5.91 Å². The number of aromatic nitrogens is 1. The minimum Gasteiger partial charge on any atom is -0.323 e. The van der Waals surface area contributed by atoms with Crippen molar-refractivity contribution < 1.29 is 9.18 Å². The fourth-order valence-electron chi connectivity index (χ4n) is 1.79. The van der Waals surface area contributed by atoms with E-state index in [4.69, 9.17) is 5.84 Å². The van der Waals surface area contributed by atoms with Crippen LogP contribution in [0.5, 0.6) is 0 Å². The number of amides is 1. The maximum atomic E-state index is 13.4. The molecule has 0 atom stereocenters. The monoisotopic (exact) mass is 274 g/mol. The van der Waals surface area contributed by atoms with E-state index in [9.17, 15) is 9.18 Å². The van der Waals surface area contributed by atoms with E-state index in [0.29, 0.717) is 22.5 Å². The Hall–Kier alpha value is -2.47. The number of anilines is 2. The summed E-state index contributed by atoms with van der Waals surface area (Å²) in [5.74, 6) is 4.61. The molecule has 4 N–H and O–H groups in total. The molecule has 104 valence electrons. The maximum absolute atomic E-state index is 13.4. The van der Waals surface area contributed by atoms with Gasteiger partial charge in [-0.3, -0.25) is 15.6 Å². The summed E-state index contributed by atoms with van der Waals surface area (Å²) in [6, 6.07) is 6.17. The van der Waals surface area contributed by atoms with Gasteiger partial charge in [0.15, 0.2) is 0 Å². The van der Waals surface area contributed by atoms with E-state index in [1.807, 2.05) is 0 Å². The Balaban J connectivity index is 2.31. The van der Waals surface area contributed by atoms with Crippen molar-refractivity contribution in [2.75, 3.05) is 10.7 Å². The molecule has 0 fully saturated rings. The Labute approximate surface area is 116 Å². The molecule has 0 bridgehead atoms. The molecule has 0 spiro atoms. The average molecular weight is 274 g/mol. The van der Waals surface area contributed by atoms with Gasteiger partial charge in [0.05, 0.1) is 11.3 Å². The second kappa shape index (κ2) is 5.66. The second-order valence-electron chi connectivity index (χ2n) is 4.38. The highest BCUT2D eigenvalue weighted by Gasteiger charge is 2.14. The molecule has 5 nitrogen and oxygen atoms in total. The zero-order valence-electron chi connectivity index (χ0n) is 11.2. The number of pyridine rings is 1. The number of nitrogens with one attached hydrogen (secondary N) is 2. The van der Waals surface area contributed by atoms with Gasteiger partial charge in [-0.2, -0.15) is 0 Å². The van der Waals surface area contributed by atoms with Gasteiger partial charge in [-0.25, -0.2) is 4.39 Å². The van der Waals surface area contributed by atoms with E-state index in [-0.39, 0.29) is 5.82 Å². The summed E-state index contributed by atoms with van der Waals surface area (Å²) in [4.78, 5) is 16.3. The first-order valence-corrected chi connectivity index (χ1v) is 6.02. The van der Waals surface area contributed by atoms with Crippen LogP contribution in [0.2, 0.25) is 0 Å². The van der Waals surface area contributed by atoms with Crippen molar-refractivity contribution in [1.82, 2.24) is 4.98 Å². The first-order chi connectivity index (χ1) is 9.52. The summed E-state index contributed by atoms with van der Waals surface area (Å²) < 4.78 is 13.4.